The minimum absolute atomic E-state index is 0.155. The number of benzene rings is 3. The van der Waals surface area contributed by atoms with E-state index in [1.807, 2.05) is 54.6 Å². The molecule has 0 aliphatic rings. The predicted octanol–water partition coefficient (Wildman–Crippen LogP) is 5.45. The summed E-state index contributed by atoms with van der Waals surface area (Å²) in [6, 6.07) is 25.8. The van der Waals surface area contributed by atoms with Gasteiger partial charge in [-0.15, -0.1) is 0 Å². The Labute approximate surface area is 185 Å². The van der Waals surface area contributed by atoms with Gasteiger partial charge in [0.1, 0.15) is 5.82 Å². The van der Waals surface area contributed by atoms with Crippen molar-refractivity contribution in [2.45, 2.75) is 13.0 Å². The first-order chi connectivity index (χ1) is 15.6. The van der Waals surface area contributed by atoms with Crippen molar-refractivity contribution in [1.29, 1.82) is 0 Å². The molecule has 0 spiro atoms. The molecule has 1 aromatic heterocycles. The molecule has 0 fully saturated rings. The van der Waals surface area contributed by atoms with Crippen LogP contribution < -0.4 is 10.2 Å². The lowest BCUT2D eigenvalue weighted by atomic mass is 10.1. The molecule has 0 aliphatic carbocycles. The highest BCUT2D eigenvalue weighted by Gasteiger charge is 2.20. The third-order valence-corrected chi connectivity index (χ3v) is 4.90. The second-order valence-corrected chi connectivity index (χ2v) is 7.25. The van der Waals surface area contributed by atoms with E-state index in [0.717, 1.165) is 11.1 Å². The van der Waals surface area contributed by atoms with Gasteiger partial charge in [-0.2, -0.15) is 0 Å². The fourth-order valence-electron chi connectivity index (χ4n) is 3.30. The Morgan fingerprint density at radius 1 is 0.812 bits per heavy atom. The maximum atomic E-state index is 13.0. The van der Waals surface area contributed by atoms with Gasteiger partial charge in [0, 0.05) is 11.4 Å². The minimum Gasteiger partial charge on any atom is -0.459 e. The number of carbonyl (C=O) groups is 2. The molecule has 0 atom stereocenters. The topological polar surface area (TPSA) is 62.6 Å². The summed E-state index contributed by atoms with van der Waals surface area (Å²) in [5.74, 6) is -0.566. The van der Waals surface area contributed by atoms with Crippen LogP contribution in [0.1, 0.15) is 21.7 Å². The number of hydrogen-bond acceptors (Lipinski definition) is 3. The molecule has 4 rings (SSSR count). The van der Waals surface area contributed by atoms with Crippen molar-refractivity contribution in [3.8, 4) is 0 Å². The lowest BCUT2D eigenvalue weighted by Gasteiger charge is -2.22. The lowest BCUT2D eigenvalue weighted by Crippen LogP contribution is -2.30. The maximum Gasteiger partial charge on any atom is 0.294 e. The van der Waals surface area contributed by atoms with Gasteiger partial charge in [0.15, 0.2) is 5.76 Å². The van der Waals surface area contributed by atoms with Crippen LogP contribution in [0.15, 0.2) is 102 Å². The summed E-state index contributed by atoms with van der Waals surface area (Å²) in [6.07, 6.45) is 1.62. The molecule has 6 heteroatoms. The molecule has 2 amide bonds. The number of nitrogens with one attached hydrogen (secondary N) is 1. The van der Waals surface area contributed by atoms with E-state index in [4.69, 9.17) is 4.42 Å². The summed E-state index contributed by atoms with van der Waals surface area (Å²) >= 11 is 0. The number of furan rings is 1. The Hall–Kier alpha value is -4.19. The largest absolute Gasteiger partial charge is 0.459 e. The van der Waals surface area contributed by atoms with E-state index < -0.39 is 0 Å². The summed E-state index contributed by atoms with van der Waals surface area (Å²) in [5, 5.41) is 2.74. The van der Waals surface area contributed by atoms with Crippen LogP contribution in [0.2, 0.25) is 0 Å². The Morgan fingerprint density at radius 2 is 1.53 bits per heavy atom. The Morgan fingerprint density at radius 3 is 2.19 bits per heavy atom. The first-order valence-electron chi connectivity index (χ1n) is 10.1. The third-order valence-electron chi connectivity index (χ3n) is 4.90. The van der Waals surface area contributed by atoms with Crippen molar-refractivity contribution in [3.63, 3.8) is 0 Å². The molecule has 1 N–H and O–H groups in total. The highest BCUT2D eigenvalue weighted by atomic mass is 19.1. The highest BCUT2D eigenvalue weighted by Crippen LogP contribution is 2.22. The number of amides is 2. The number of hydrogen-bond donors (Lipinski definition) is 1. The van der Waals surface area contributed by atoms with Crippen molar-refractivity contribution in [2.24, 2.45) is 0 Å². The fraction of sp³-hybridized carbons (Fsp3) is 0.0769. The Balaban J connectivity index is 1.49. The number of carbonyl (C=O) groups excluding carboxylic acids is 2. The van der Waals surface area contributed by atoms with Crippen LogP contribution in [0.5, 0.6) is 0 Å². The summed E-state index contributed by atoms with van der Waals surface area (Å²) in [4.78, 5) is 27.0. The van der Waals surface area contributed by atoms with E-state index in [9.17, 15) is 14.0 Å². The fourth-order valence-corrected chi connectivity index (χ4v) is 3.30. The standard InChI is InChI=1S/C26H21FN2O3/c27-21-10-12-22(13-11-21)28-25(30)17-19-8-14-23(15-9-19)29(18-20-5-2-1-3-6-20)26(31)24-7-4-16-32-24/h1-16H,17-18H2,(H,28,30). The Kier molecular flexibility index (Phi) is 6.41. The number of halogens is 1. The molecule has 0 saturated carbocycles. The van der Waals surface area contributed by atoms with Gasteiger partial charge in [-0.1, -0.05) is 42.5 Å². The number of anilines is 2. The van der Waals surface area contributed by atoms with Gasteiger partial charge in [0.25, 0.3) is 5.91 Å². The molecule has 160 valence electrons. The van der Waals surface area contributed by atoms with Gasteiger partial charge in [0.2, 0.25) is 5.91 Å². The predicted molar refractivity (Wildman–Crippen MR) is 121 cm³/mol. The van der Waals surface area contributed by atoms with Crippen molar-refractivity contribution in [2.75, 3.05) is 10.2 Å². The first-order valence-corrected chi connectivity index (χ1v) is 10.1. The second-order valence-electron chi connectivity index (χ2n) is 7.25. The summed E-state index contributed by atoms with van der Waals surface area (Å²) in [7, 11) is 0. The van der Waals surface area contributed by atoms with Crippen molar-refractivity contribution in [1.82, 2.24) is 0 Å². The highest BCUT2D eigenvalue weighted by molar-refractivity contribution is 6.04. The van der Waals surface area contributed by atoms with Crippen LogP contribution in [-0.4, -0.2) is 11.8 Å². The Bertz CT molecular complexity index is 1170. The van der Waals surface area contributed by atoms with Crippen LogP contribution in [0.3, 0.4) is 0 Å². The van der Waals surface area contributed by atoms with Gasteiger partial charge >= 0.3 is 0 Å². The quantitative estimate of drug-likeness (QED) is 0.426. The van der Waals surface area contributed by atoms with E-state index >= 15 is 0 Å². The number of rotatable bonds is 7. The molecule has 4 aromatic rings. The smallest absolute Gasteiger partial charge is 0.294 e. The summed E-state index contributed by atoms with van der Waals surface area (Å²) in [6.45, 7) is 0.380. The first kappa shape index (κ1) is 21.1. The molecular weight excluding hydrogens is 407 g/mol. The molecular formula is C26H21FN2O3. The second kappa shape index (κ2) is 9.75. The summed E-state index contributed by atoms with van der Waals surface area (Å²) < 4.78 is 18.3. The van der Waals surface area contributed by atoms with E-state index in [1.54, 1.807) is 17.0 Å². The molecule has 0 unspecified atom stereocenters. The monoisotopic (exact) mass is 428 g/mol. The van der Waals surface area contributed by atoms with Crippen LogP contribution in [0.4, 0.5) is 15.8 Å². The van der Waals surface area contributed by atoms with E-state index in [2.05, 4.69) is 5.32 Å². The zero-order valence-electron chi connectivity index (χ0n) is 17.2. The molecule has 3 aromatic carbocycles. The molecule has 0 aliphatic heterocycles. The van der Waals surface area contributed by atoms with E-state index in [0.29, 0.717) is 17.9 Å². The zero-order valence-corrected chi connectivity index (χ0v) is 17.2. The van der Waals surface area contributed by atoms with Gasteiger partial charge in [-0.3, -0.25) is 9.59 Å². The third kappa shape index (κ3) is 5.29. The van der Waals surface area contributed by atoms with Crippen molar-refractivity contribution < 1.29 is 18.4 Å². The van der Waals surface area contributed by atoms with Gasteiger partial charge in [0.05, 0.1) is 19.2 Å². The molecule has 5 nitrogen and oxygen atoms in total. The minimum atomic E-state index is -0.359. The van der Waals surface area contributed by atoms with Gasteiger partial charge < -0.3 is 14.6 Å². The van der Waals surface area contributed by atoms with E-state index in [1.165, 1.54) is 30.5 Å². The zero-order chi connectivity index (χ0) is 22.3. The molecule has 32 heavy (non-hydrogen) atoms. The maximum absolute atomic E-state index is 13.0. The van der Waals surface area contributed by atoms with E-state index in [-0.39, 0.29) is 29.8 Å². The van der Waals surface area contributed by atoms with Crippen molar-refractivity contribution >= 4 is 23.2 Å². The van der Waals surface area contributed by atoms with Gasteiger partial charge in [-0.25, -0.2) is 4.39 Å². The van der Waals surface area contributed by atoms with Crippen molar-refractivity contribution in [3.05, 3.63) is 120 Å². The SMILES string of the molecule is O=C(Cc1ccc(N(Cc2ccccc2)C(=O)c2ccco2)cc1)Nc1ccc(F)cc1. The molecule has 1 heterocycles. The van der Waals surface area contributed by atoms with Gasteiger partial charge in [-0.05, 0) is 59.7 Å². The van der Waals surface area contributed by atoms with Crippen LogP contribution in [-0.2, 0) is 17.8 Å². The molecule has 0 bridgehead atoms. The number of nitrogens with zero attached hydrogens (tertiary/aromatic N) is 1. The average molecular weight is 428 g/mol. The molecule has 0 saturated heterocycles. The lowest BCUT2D eigenvalue weighted by molar-refractivity contribution is -0.115. The van der Waals surface area contributed by atoms with Crippen LogP contribution >= 0.6 is 0 Å². The van der Waals surface area contributed by atoms with Crippen LogP contribution in [0.25, 0.3) is 0 Å². The summed E-state index contributed by atoms with van der Waals surface area (Å²) in [5.41, 5.74) is 3.00. The molecule has 0 radical (unpaired) electrons. The normalized spacial score (nSPS) is 10.5. The average Bonchev–Trinajstić information content (AvgIpc) is 3.35. The van der Waals surface area contributed by atoms with Crippen LogP contribution in [0, 0.1) is 5.82 Å².